The molecule has 0 radical (unpaired) electrons. The average molecular weight is 318 g/mol. The first-order valence-electron chi connectivity index (χ1n) is 7.48. The molecule has 1 aromatic heterocycles. The molecule has 2 aromatic rings. The second-order valence-electron chi connectivity index (χ2n) is 5.45. The molecule has 6 heteroatoms. The molecule has 0 bridgehead atoms. The van der Waals surface area contributed by atoms with Gasteiger partial charge in [0.1, 0.15) is 22.9 Å². The zero-order valence-electron chi connectivity index (χ0n) is 13.6. The fourth-order valence-corrected chi connectivity index (χ4v) is 2.04. The van der Waals surface area contributed by atoms with E-state index in [1.165, 1.54) is 0 Å². The van der Waals surface area contributed by atoms with E-state index in [0.717, 1.165) is 5.75 Å². The van der Waals surface area contributed by atoms with Crippen LogP contribution in [0.1, 0.15) is 25.4 Å². The Morgan fingerprint density at radius 1 is 1.26 bits per heavy atom. The Kier molecular flexibility index (Phi) is 5.28. The summed E-state index contributed by atoms with van der Waals surface area (Å²) < 4.78 is 10.7. The van der Waals surface area contributed by atoms with E-state index in [4.69, 9.17) is 9.15 Å². The van der Waals surface area contributed by atoms with Gasteiger partial charge in [-0.05, 0) is 57.2 Å². The van der Waals surface area contributed by atoms with Crippen LogP contribution >= 0.6 is 0 Å². The van der Waals surface area contributed by atoms with Crippen LogP contribution in [0, 0.1) is 6.92 Å². The molecule has 0 aliphatic rings. The molecule has 0 aliphatic carbocycles. The van der Waals surface area contributed by atoms with Crippen LogP contribution in [0.4, 0.5) is 10.5 Å². The molecule has 1 unspecified atom stereocenters. The Balaban J connectivity index is 1.87. The molecule has 3 N–H and O–H groups in total. The number of amides is 2. The molecule has 23 heavy (non-hydrogen) atoms. The minimum atomic E-state index is -1.27. The maximum atomic E-state index is 11.9. The van der Waals surface area contributed by atoms with Crippen molar-refractivity contribution in [3.63, 3.8) is 0 Å². The molecule has 1 atom stereocenters. The molecule has 1 heterocycles. The van der Waals surface area contributed by atoms with E-state index < -0.39 is 11.6 Å². The van der Waals surface area contributed by atoms with Crippen molar-refractivity contribution in [3.05, 3.63) is 47.9 Å². The second kappa shape index (κ2) is 7.19. The number of hydrogen-bond donors (Lipinski definition) is 3. The van der Waals surface area contributed by atoms with E-state index in [9.17, 15) is 9.90 Å². The highest BCUT2D eigenvalue weighted by atomic mass is 16.5. The van der Waals surface area contributed by atoms with Gasteiger partial charge < -0.3 is 24.9 Å². The van der Waals surface area contributed by atoms with E-state index in [0.29, 0.717) is 23.8 Å². The number of aliphatic hydroxyl groups is 1. The van der Waals surface area contributed by atoms with Gasteiger partial charge in [0, 0.05) is 5.69 Å². The fourth-order valence-electron chi connectivity index (χ4n) is 2.04. The van der Waals surface area contributed by atoms with Crippen molar-refractivity contribution in [3.8, 4) is 5.75 Å². The topological polar surface area (TPSA) is 83.7 Å². The molecular formula is C17H22N2O4. The molecule has 0 spiro atoms. The van der Waals surface area contributed by atoms with Crippen LogP contribution < -0.4 is 15.4 Å². The van der Waals surface area contributed by atoms with Crippen molar-refractivity contribution in [2.75, 3.05) is 18.5 Å². The lowest BCUT2D eigenvalue weighted by atomic mass is 10.0. The van der Waals surface area contributed by atoms with Crippen LogP contribution in [0.2, 0.25) is 0 Å². The van der Waals surface area contributed by atoms with Crippen molar-refractivity contribution >= 4 is 11.7 Å². The van der Waals surface area contributed by atoms with Crippen LogP contribution in [0.3, 0.4) is 0 Å². The van der Waals surface area contributed by atoms with Crippen molar-refractivity contribution < 1.29 is 19.1 Å². The average Bonchev–Trinajstić information content (AvgIpc) is 2.95. The highest BCUT2D eigenvalue weighted by Crippen LogP contribution is 2.22. The Morgan fingerprint density at radius 3 is 2.52 bits per heavy atom. The second-order valence-corrected chi connectivity index (χ2v) is 5.45. The molecule has 0 saturated carbocycles. The summed E-state index contributed by atoms with van der Waals surface area (Å²) in [5.41, 5.74) is -0.635. The Bertz CT molecular complexity index is 647. The third kappa shape index (κ3) is 4.75. The summed E-state index contributed by atoms with van der Waals surface area (Å²) in [7, 11) is 0. The molecule has 6 nitrogen and oxygen atoms in total. The predicted molar refractivity (Wildman–Crippen MR) is 87.6 cm³/mol. The molecule has 2 rings (SSSR count). The van der Waals surface area contributed by atoms with Gasteiger partial charge in [-0.2, -0.15) is 0 Å². The first-order chi connectivity index (χ1) is 10.9. The van der Waals surface area contributed by atoms with Crippen molar-refractivity contribution in [2.24, 2.45) is 0 Å². The smallest absolute Gasteiger partial charge is 0.319 e. The standard InChI is InChI=1S/C17H22N2O4/c1-4-22-14-8-6-13(7-9-14)19-16(20)18-11-17(3,21)15-10-5-12(2)23-15/h5-10,21H,4,11H2,1-3H3,(H2,18,19,20). The van der Waals surface area contributed by atoms with Gasteiger partial charge in [-0.3, -0.25) is 0 Å². The minimum Gasteiger partial charge on any atom is -0.494 e. The lowest BCUT2D eigenvalue weighted by molar-refractivity contribution is 0.0364. The summed E-state index contributed by atoms with van der Waals surface area (Å²) >= 11 is 0. The number of benzene rings is 1. The third-order valence-electron chi connectivity index (χ3n) is 3.29. The molecule has 1 aromatic carbocycles. The van der Waals surface area contributed by atoms with Gasteiger partial charge in [0.25, 0.3) is 0 Å². The van der Waals surface area contributed by atoms with Crippen molar-refractivity contribution in [2.45, 2.75) is 26.4 Å². The minimum absolute atomic E-state index is 0.0306. The van der Waals surface area contributed by atoms with Crippen LogP contribution in [-0.2, 0) is 5.60 Å². The Morgan fingerprint density at radius 2 is 1.96 bits per heavy atom. The highest BCUT2D eigenvalue weighted by molar-refractivity contribution is 5.89. The fraction of sp³-hybridized carbons (Fsp3) is 0.353. The summed E-state index contributed by atoms with van der Waals surface area (Å²) in [5.74, 6) is 1.87. The molecule has 0 saturated heterocycles. The zero-order valence-corrected chi connectivity index (χ0v) is 13.6. The number of ether oxygens (including phenoxy) is 1. The summed E-state index contributed by atoms with van der Waals surface area (Å²) in [4.78, 5) is 11.9. The number of urea groups is 1. The van der Waals surface area contributed by atoms with E-state index in [2.05, 4.69) is 10.6 Å². The number of carbonyl (C=O) groups excluding carboxylic acids is 1. The molecule has 124 valence electrons. The molecule has 0 aliphatic heterocycles. The normalized spacial score (nSPS) is 13.2. The number of carbonyl (C=O) groups is 1. The van der Waals surface area contributed by atoms with Gasteiger partial charge >= 0.3 is 6.03 Å². The van der Waals surface area contributed by atoms with E-state index in [-0.39, 0.29) is 6.54 Å². The maximum Gasteiger partial charge on any atom is 0.319 e. The monoisotopic (exact) mass is 318 g/mol. The number of anilines is 1. The predicted octanol–water partition coefficient (Wildman–Crippen LogP) is 3.02. The lowest BCUT2D eigenvalue weighted by Crippen LogP contribution is -2.40. The van der Waals surface area contributed by atoms with Crippen LogP contribution in [0.25, 0.3) is 0 Å². The highest BCUT2D eigenvalue weighted by Gasteiger charge is 2.27. The van der Waals surface area contributed by atoms with Gasteiger partial charge in [0.2, 0.25) is 0 Å². The number of hydrogen-bond acceptors (Lipinski definition) is 4. The zero-order chi connectivity index (χ0) is 16.9. The van der Waals surface area contributed by atoms with Crippen LogP contribution in [0.5, 0.6) is 5.75 Å². The Labute approximate surface area is 135 Å². The summed E-state index contributed by atoms with van der Waals surface area (Å²) in [6.07, 6.45) is 0. The van der Waals surface area contributed by atoms with Crippen LogP contribution in [-0.4, -0.2) is 24.3 Å². The van der Waals surface area contributed by atoms with Crippen LogP contribution in [0.15, 0.2) is 40.8 Å². The number of aryl methyl sites for hydroxylation is 1. The number of furan rings is 1. The quantitative estimate of drug-likeness (QED) is 0.764. The summed E-state index contributed by atoms with van der Waals surface area (Å²) in [5, 5.41) is 15.7. The van der Waals surface area contributed by atoms with Gasteiger partial charge in [0.05, 0.1) is 13.2 Å². The van der Waals surface area contributed by atoms with Gasteiger partial charge in [0.15, 0.2) is 0 Å². The van der Waals surface area contributed by atoms with E-state index >= 15 is 0 Å². The number of nitrogens with one attached hydrogen (secondary N) is 2. The van der Waals surface area contributed by atoms with E-state index in [1.807, 2.05) is 6.92 Å². The summed E-state index contributed by atoms with van der Waals surface area (Å²) in [6, 6.07) is 10.1. The maximum absolute atomic E-state index is 11.9. The third-order valence-corrected chi connectivity index (χ3v) is 3.29. The largest absolute Gasteiger partial charge is 0.494 e. The van der Waals surface area contributed by atoms with Gasteiger partial charge in [-0.15, -0.1) is 0 Å². The van der Waals surface area contributed by atoms with Crippen molar-refractivity contribution in [1.82, 2.24) is 5.32 Å². The Hall–Kier alpha value is -2.47. The number of rotatable bonds is 6. The first-order valence-corrected chi connectivity index (χ1v) is 7.48. The molecular weight excluding hydrogens is 296 g/mol. The molecule has 0 fully saturated rings. The first kappa shape index (κ1) is 16.9. The van der Waals surface area contributed by atoms with Gasteiger partial charge in [-0.1, -0.05) is 0 Å². The summed E-state index contributed by atoms with van der Waals surface area (Å²) in [6.45, 7) is 5.91. The lowest BCUT2D eigenvalue weighted by Gasteiger charge is -2.21. The van der Waals surface area contributed by atoms with E-state index in [1.54, 1.807) is 50.2 Å². The SMILES string of the molecule is CCOc1ccc(NC(=O)NCC(C)(O)c2ccc(C)o2)cc1. The van der Waals surface area contributed by atoms with Crippen molar-refractivity contribution in [1.29, 1.82) is 0 Å². The van der Waals surface area contributed by atoms with Gasteiger partial charge in [-0.25, -0.2) is 4.79 Å². The molecule has 2 amide bonds.